The number of rotatable bonds is 4. The minimum Gasteiger partial charge on any atom is -0.338 e. The lowest BCUT2D eigenvalue weighted by Gasteiger charge is -2.40. The molecule has 4 aliphatic rings. The molecule has 0 N–H and O–H groups in total. The molecule has 120 valence electrons. The standard InChI is InChI=1S/C17H26N4O/c1-19-8-7-18-16(19)12-20-10-14-5-6-15(11-20)21(17(14)22)9-13-3-2-4-13/h7-8,13-15H,2-6,9-12H2,1H3/t14-,15+/m0/s1. The van der Waals surface area contributed by atoms with E-state index in [1.807, 2.05) is 19.4 Å². The highest BCUT2D eigenvalue weighted by Gasteiger charge is 2.41. The van der Waals surface area contributed by atoms with Crippen LogP contribution in [-0.4, -0.2) is 50.9 Å². The minimum absolute atomic E-state index is 0.207. The number of carbonyl (C=O) groups excluding carboxylic acids is 1. The molecule has 4 heterocycles. The Morgan fingerprint density at radius 3 is 2.77 bits per heavy atom. The summed E-state index contributed by atoms with van der Waals surface area (Å²) in [7, 11) is 2.04. The molecule has 1 aromatic rings. The van der Waals surface area contributed by atoms with Crippen molar-refractivity contribution >= 4 is 5.91 Å². The zero-order valence-corrected chi connectivity index (χ0v) is 13.4. The summed E-state index contributed by atoms with van der Waals surface area (Å²) in [5, 5.41) is 0. The highest BCUT2D eigenvalue weighted by Crippen LogP contribution is 2.34. The average Bonchev–Trinajstić information content (AvgIpc) is 2.69. The van der Waals surface area contributed by atoms with Gasteiger partial charge in [0, 0.05) is 45.1 Å². The number of amides is 1. The molecule has 4 fully saturated rings. The third kappa shape index (κ3) is 2.56. The molecule has 1 aliphatic carbocycles. The number of aryl methyl sites for hydroxylation is 1. The lowest BCUT2D eigenvalue weighted by atomic mass is 9.83. The molecule has 1 saturated carbocycles. The molecule has 0 spiro atoms. The van der Waals surface area contributed by atoms with Gasteiger partial charge >= 0.3 is 0 Å². The summed E-state index contributed by atoms with van der Waals surface area (Å²) >= 11 is 0. The lowest BCUT2D eigenvalue weighted by Crippen LogP contribution is -2.50. The van der Waals surface area contributed by atoms with Gasteiger partial charge in [-0.15, -0.1) is 0 Å². The predicted molar refractivity (Wildman–Crippen MR) is 84.1 cm³/mol. The van der Waals surface area contributed by atoms with Gasteiger partial charge in [0.1, 0.15) is 5.82 Å². The van der Waals surface area contributed by atoms with E-state index in [2.05, 4.69) is 19.4 Å². The van der Waals surface area contributed by atoms with Gasteiger partial charge in [0.25, 0.3) is 0 Å². The van der Waals surface area contributed by atoms with Crippen molar-refractivity contribution in [2.75, 3.05) is 19.6 Å². The molecule has 22 heavy (non-hydrogen) atoms. The van der Waals surface area contributed by atoms with E-state index in [1.165, 1.54) is 25.7 Å². The quantitative estimate of drug-likeness (QED) is 0.849. The van der Waals surface area contributed by atoms with Crippen LogP contribution in [0.4, 0.5) is 0 Å². The number of imidazole rings is 1. The van der Waals surface area contributed by atoms with Crippen molar-refractivity contribution in [3.05, 3.63) is 18.2 Å². The highest BCUT2D eigenvalue weighted by atomic mass is 16.2. The van der Waals surface area contributed by atoms with Crippen LogP contribution in [0, 0.1) is 11.8 Å². The summed E-state index contributed by atoms with van der Waals surface area (Å²) in [5.74, 6) is 2.50. The third-order valence-corrected chi connectivity index (χ3v) is 5.83. The van der Waals surface area contributed by atoms with Crippen LogP contribution in [0.25, 0.3) is 0 Å². The minimum atomic E-state index is 0.207. The number of hydrogen-bond acceptors (Lipinski definition) is 3. The van der Waals surface area contributed by atoms with E-state index >= 15 is 0 Å². The van der Waals surface area contributed by atoms with Crippen molar-refractivity contribution < 1.29 is 4.79 Å². The Hall–Kier alpha value is -1.36. The molecule has 0 radical (unpaired) electrons. The van der Waals surface area contributed by atoms with Crippen LogP contribution in [0.15, 0.2) is 12.4 Å². The summed E-state index contributed by atoms with van der Waals surface area (Å²) in [4.78, 5) is 21.9. The van der Waals surface area contributed by atoms with Crippen LogP contribution < -0.4 is 0 Å². The Labute approximate surface area is 132 Å². The van der Waals surface area contributed by atoms with E-state index in [-0.39, 0.29) is 5.92 Å². The molecule has 3 saturated heterocycles. The monoisotopic (exact) mass is 302 g/mol. The van der Waals surface area contributed by atoms with Crippen LogP contribution in [0.2, 0.25) is 0 Å². The maximum atomic E-state index is 12.8. The normalized spacial score (nSPS) is 29.7. The zero-order chi connectivity index (χ0) is 15.1. The largest absolute Gasteiger partial charge is 0.338 e. The van der Waals surface area contributed by atoms with Crippen LogP contribution in [-0.2, 0) is 18.4 Å². The number of nitrogens with zero attached hydrogens (tertiary/aromatic N) is 4. The first-order chi connectivity index (χ1) is 10.7. The van der Waals surface area contributed by atoms with Gasteiger partial charge in [-0.25, -0.2) is 4.98 Å². The van der Waals surface area contributed by atoms with E-state index in [1.54, 1.807) is 0 Å². The van der Waals surface area contributed by atoms with Gasteiger partial charge in [0.2, 0.25) is 5.91 Å². The van der Waals surface area contributed by atoms with Crippen molar-refractivity contribution in [1.29, 1.82) is 0 Å². The topological polar surface area (TPSA) is 41.4 Å². The van der Waals surface area contributed by atoms with Gasteiger partial charge in [-0.2, -0.15) is 0 Å². The van der Waals surface area contributed by atoms with Crippen LogP contribution >= 0.6 is 0 Å². The van der Waals surface area contributed by atoms with Crippen molar-refractivity contribution in [1.82, 2.24) is 19.4 Å². The molecule has 0 unspecified atom stereocenters. The molecule has 2 atom stereocenters. The molecular formula is C17H26N4O. The van der Waals surface area contributed by atoms with Crippen molar-refractivity contribution in [2.24, 2.45) is 18.9 Å². The third-order valence-electron chi connectivity index (χ3n) is 5.83. The first-order valence-electron chi connectivity index (χ1n) is 8.69. The van der Waals surface area contributed by atoms with E-state index in [0.717, 1.165) is 44.3 Å². The molecule has 5 heteroatoms. The summed E-state index contributed by atoms with van der Waals surface area (Å²) in [6.07, 6.45) is 10.1. The lowest BCUT2D eigenvalue weighted by molar-refractivity contribution is -0.141. The van der Waals surface area contributed by atoms with Crippen LogP contribution in [0.1, 0.15) is 37.9 Å². The molecular weight excluding hydrogens is 276 g/mol. The second-order valence-corrected chi connectivity index (χ2v) is 7.36. The molecule has 1 aromatic heterocycles. The smallest absolute Gasteiger partial charge is 0.227 e. The maximum Gasteiger partial charge on any atom is 0.227 e. The molecule has 5 nitrogen and oxygen atoms in total. The number of aromatic nitrogens is 2. The molecule has 0 aromatic carbocycles. The van der Waals surface area contributed by atoms with Gasteiger partial charge in [-0.1, -0.05) is 6.42 Å². The summed E-state index contributed by atoms with van der Waals surface area (Å²) in [6, 6.07) is 0.423. The molecule has 2 bridgehead atoms. The Morgan fingerprint density at radius 1 is 1.23 bits per heavy atom. The van der Waals surface area contributed by atoms with Crippen molar-refractivity contribution in [3.63, 3.8) is 0 Å². The second-order valence-electron chi connectivity index (χ2n) is 7.36. The van der Waals surface area contributed by atoms with Crippen molar-refractivity contribution in [2.45, 2.75) is 44.7 Å². The Kier molecular flexibility index (Phi) is 3.68. The molecule has 3 aliphatic heterocycles. The van der Waals surface area contributed by atoms with E-state index in [4.69, 9.17) is 0 Å². The van der Waals surface area contributed by atoms with Crippen LogP contribution in [0.5, 0.6) is 0 Å². The second kappa shape index (κ2) is 5.69. The van der Waals surface area contributed by atoms with Gasteiger partial charge in [-0.3, -0.25) is 9.69 Å². The van der Waals surface area contributed by atoms with Gasteiger partial charge < -0.3 is 9.47 Å². The van der Waals surface area contributed by atoms with E-state index in [0.29, 0.717) is 11.9 Å². The highest BCUT2D eigenvalue weighted by molar-refractivity contribution is 5.80. The number of hydrogen-bond donors (Lipinski definition) is 0. The maximum absolute atomic E-state index is 12.8. The Morgan fingerprint density at radius 2 is 2.09 bits per heavy atom. The van der Waals surface area contributed by atoms with E-state index < -0.39 is 0 Å². The van der Waals surface area contributed by atoms with Gasteiger partial charge in [0.15, 0.2) is 0 Å². The van der Waals surface area contributed by atoms with Gasteiger partial charge in [0.05, 0.1) is 12.5 Å². The first-order valence-corrected chi connectivity index (χ1v) is 8.69. The first kappa shape index (κ1) is 14.2. The Balaban J connectivity index is 1.47. The molecule has 5 rings (SSSR count). The number of piperidine rings is 1. The fourth-order valence-electron chi connectivity index (χ4n) is 4.20. The number of fused-ring (bicyclic) bond motifs is 4. The number of carbonyl (C=O) groups is 1. The predicted octanol–water partition coefficient (Wildman–Crippen LogP) is 1.64. The molecule has 1 amide bonds. The SMILES string of the molecule is Cn1ccnc1CN1C[C@@H]2CC[C@H](C1)N(CC1CCC1)C2=O. The summed E-state index contributed by atoms with van der Waals surface area (Å²) in [5.41, 5.74) is 0. The van der Waals surface area contributed by atoms with Gasteiger partial charge in [-0.05, 0) is 31.6 Å². The fourth-order valence-corrected chi connectivity index (χ4v) is 4.20. The fraction of sp³-hybridized carbons (Fsp3) is 0.765. The summed E-state index contributed by atoms with van der Waals surface area (Å²) < 4.78 is 2.08. The van der Waals surface area contributed by atoms with Crippen molar-refractivity contribution in [3.8, 4) is 0 Å². The average molecular weight is 302 g/mol. The van der Waals surface area contributed by atoms with Crippen LogP contribution in [0.3, 0.4) is 0 Å². The van der Waals surface area contributed by atoms with E-state index in [9.17, 15) is 4.79 Å². The zero-order valence-electron chi connectivity index (χ0n) is 13.4. The summed E-state index contributed by atoms with van der Waals surface area (Å²) in [6.45, 7) is 3.79. The Bertz CT molecular complexity index is 551.